The van der Waals surface area contributed by atoms with Crippen LogP contribution in [0.25, 0.3) is 0 Å². The maximum Gasteiger partial charge on any atom is 0.433 e. The largest absolute Gasteiger partial charge is 0.433 e. The molecular formula is C8H17NO7PS+. The number of Topliss-reactive ketones (excluding diaryl/α,β-unsaturated/α-hetero) is 1. The molecule has 0 bridgehead atoms. The van der Waals surface area contributed by atoms with Crippen molar-refractivity contribution < 1.29 is 32.4 Å². The number of carbonyl (C=O) groups excluding carboxylic acids is 1. The standard InChI is InChI=1S/C8H16NO7PS/c1-9-5-3-2-4-6(9)7(10)8(17(11,12)13)18(14,15)16/h6,8,11-13H,2-5H2,1H3/p+1. The van der Waals surface area contributed by atoms with Gasteiger partial charge in [-0.2, -0.15) is 23.1 Å². The quantitative estimate of drug-likeness (QED) is 0.383. The molecule has 1 saturated heterocycles. The third-order valence-corrected chi connectivity index (χ3v) is 6.27. The second-order valence-electron chi connectivity index (χ2n) is 4.38. The van der Waals surface area contributed by atoms with Crippen LogP contribution >= 0.6 is 7.94 Å². The molecule has 0 radical (unpaired) electrons. The van der Waals surface area contributed by atoms with Crippen molar-refractivity contribution >= 4 is 23.8 Å². The van der Waals surface area contributed by atoms with Crippen LogP contribution in [0.15, 0.2) is 0 Å². The van der Waals surface area contributed by atoms with Crippen LogP contribution in [0.4, 0.5) is 0 Å². The lowest BCUT2D eigenvalue weighted by Crippen LogP contribution is -2.48. The van der Waals surface area contributed by atoms with Crippen LogP contribution in [-0.2, 0) is 14.9 Å². The molecule has 0 spiro atoms. The number of likely N-dealkylation sites (N-methyl/N-ethyl adjacent to an activating group) is 1. The predicted octanol–water partition coefficient (Wildman–Crippen LogP) is -1.01. The third-order valence-electron chi connectivity index (χ3n) is 2.94. The SMILES string of the molecule is CN1CCCCC1C(=O)C([P+](O)(O)O)S(=O)(=O)O. The van der Waals surface area contributed by atoms with E-state index in [1.807, 2.05) is 0 Å². The number of ketones is 1. The van der Waals surface area contributed by atoms with Crippen LogP contribution < -0.4 is 0 Å². The Bertz CT molecular complexity index is 418. The maximum absolute atomic E-state index is 12.0. The van der Waals surface area contributed by atoms with Gasteiger partial charge in [0.15, 0.2) is 0 Å². The summed E-state index contributed by atoms with van der Waals surface area (Å²) in [5.41, 5.74) is 0. The van der Waals surface area contributed by atoms with Crippen LogP contribution in [0.5, 0.6) is 0 Å². The van der Waals surface area contributed by atoms with Crippen molar-refractivity contribution in [3.8, 4) is 0 Å². The highest BCUT2D eigenvalue weighted by atomic mass is 32.2. The van der Waals surface area contributed by atoms with Crippen molar-refractivity contribution in [2.75, 3.05) is 13.6 Å². The first-order chi connectivity index (χ1) is 8.05. The van der Waals surface area contributed by atoms with Gasteiger partial charge in [0.1, 0.15) is 0 Å². The molecule has 0 aromatic rings. The summed E-state index contributed by atoms with van der Waals surface area (Å²) >= 11 is 0. The lowest BCUT2D eigenvalue weighted by atomic mass is 10.00. The van der Waals surface area contributed by atoms with Gasteiger partial charge in [0.25, 0.3) is 0 Å². The lowest BCUT2D eigenvalue weighted by Gasteiger charge is -2.32. The summed E-state index contributed by atoms with van der Waals surface area (Å²) in [4.78, 5) is 38.1. The van der Waals surface area contributed by atoms with Crippen LogP contribution in [0.1, 0.15) is 19.3 Å². The van der Waals surface area contributed by atoms with Crippen LogP contribution in [0, 0.1) is 0 Å². The minimum atomic E-state index is -5.07. The highest BCUT2D eigenvalue weighted by molar-refractivity contribution is 7.96. The number of hydrogen-bond donors (Lipinski definition) is 4. The molecular weight excluding hydrogens is 285 g/mol. The number of nitrogens with zero attached hydrogens (tertiary/aromatic N) is 1. The molecule has 0 aliphatic carbocycles. The molecule has 1 heterocycles. The highest BCUT2D eigenvalue weighted by Gasteiger charge is 2.58. The molecule has 0 saturated carbocycles. The first-order valence-electron chi connectivity index (χ1n) is 5.32. The van der Waals surface area contributed by atoms with Gasteiger partial charge in [0, 0.05) is 0 Å². The molecule has 1 aliphatic heterocycles. The predicted molar refractivity (Wildman–Crippen MR) is 64.2 cm³/mol. The van der Waals surface area contributed by atoms with E-state index in [9.17, 15) is 13.2 Å². The number of piperidine rings is 1. The van der Waals surface area contributed by atoms with E-state index in [2.05, 4.69) is 0 Å². The minimum absolute atomic E-state index is 0.349. The van der Waals surface area contributed by atoms with Crippen molar-refractivity contribution in [3.05, 3.63) is 0 Å². The Balaban J connectivity index is 3.04. The van der Waals surface area contributed by atoms with Crippen molar-refractivity contribution in [2.24, 2.45) is 0 Å². The van der Waals surface area contributed by atoms with Gasteiger partial charge >= 0.3 is 23.1 Å². The summed E-state index contributed by atoms with van der Waals surface area (Å²) in [6.45, 7) is 0.558. The zero-order chi connectivity index (χ0) is 14.1. The van der Waals surface area contributed by atoms with E-state index in [-0.39, 0.29) is 0 Å². The molecule has 0 aromatic carbocycles. The summed E-state index contributed by atoms with van der Waals surface area (Å²) in [7, 11) is -8.49. The Labute approximate surface area is 106 Å². The van der Waals surface area contributed by atoms with Gasteiger partial charge < -0.3 is 0 Å². The second kappa shape index (κ2) is 5.46. The third kappa shape index (κ3) is 3.67. The normalized spacial score (nSPS) is 24.8. The Morgan fingerprint density at radius 2 is 1.89 bits per heavy atom. The lowest BCUT2D eigenvalue weighted by molar-refractivity contribution is -0.123. The minimum Gasteiger partial charge on any atom is -0.296 e. The fourth-order valence-electron chi connectivity index (χ4n) is 2.10. The first kappa shape index (κ1) is 15.9. The smallest absolute Gasteiger partial charge is 0.296 e. The maximum atomic E-state index is 12.0. The Hall–Kier alpha value is -0.150. The summed E-state index contributed by atoms with van der Waals surface area (Å²) in [5, 5.41) is 0. The van der Waals surface area contributed by atoms with Crippen LogP contribution in [0.2, 0.25) is 0 Å². The van der Waals surface area contributed by atoms with Crippen molar-refractivity contribution in [2.45, 2.75) is 30.3 Å². The average Bonchev–Trinajstić information content (AvgIpc) is 2.13. The molecule has 1 aliphatic rings. The van der Waals surface area contributed by atoms with E-state index in [0.29, 0.717) is 19.4 Å². The molecule has 2 atom stereocenters. The molecule has 10 heteroatoms. The fraction of sp³-hybridized carbons (Fsp3) is 0.875. The van der Waals surface area contributed by atoms with Gasteiger partial charge in [-0.1, -0.05) is 6.42 Å². The molecule has 8 nitrogen and oxygen atoms in total. The zero-order valence-corrected chi connectivity index (χ0v) is 11.5. The summed E-state index contributed by atoms with van der Waals surface area (Å²) in [5.74, 6) is -1.08. The molecule has 106 valence electrons. The summed E-state index contributed by atoms with van der Waals surface area (Å²) in [6.07, 6.45) is 1.88. The Kier molecular flexibility index (Phi) is 4.82. The van der Waals surface area contributed by atoms with Crippen molar-refractivity contribution in [1.82, 2.24) is 4.90 Å². The van der Waals surface area contributed by atoms with E-state index < -0.39 is 34.9 Å². The molecule has 4 N–H and O–H groups in total. The summed E-state index contributed by atoms with van der Waals surface area (Å²) in [6, 6.07) is -0.850. The average molecular weight is 302 g/mol. The molecule has 1 fully saturated rings. The van der Waals surface area contributed by atoms with E-state index >= 15 is 0 Å². The number of hydrogen-bond acceptors (Lipinski definition) is 7. The number of likely N-dealkylation sites (tertiary alicyclic amines) is 1. The molecule has 1 rings (SSSR count). The number of carbonyl (C=O) groups is 1. The van der Waals surface area contributed by atoms with E-state index in [4.69, 9.17) is 19.2 Å². The Morgan fingerprint density at radius 3 is 2.28 bits per heavy atom. The van der Waals surface area contributed by atoms with E-state index in [0.717, 1.165) is 6.42 Å². The van der Waals surface area contributed by atoms with Crippen LogP contribution in [0.3, 0.4) is 0 Å². The van der Waals surface area contributed by atoms with Crippen LogP contribution in [-0.4, -0.2) is 63.0 Å². The summed E-state index contributed by atoms with van der Waals surface area (Å²) < 4.78 is 30.9. The molecule has 18 heavy (non-hydrogen) atoms. The van der Waals surface area contributed by atoms with Gasteiger partial charge in [-0.25, -0.2) is 0 Å². The van der Waals surface area contributed by atoms with Gasteiger partial charge in [0.05, 0.1) is 6.04 Å². The van der Waals surface area contributed by atoms with Gasteiger partial charge in [0.2, 0.25) is 5.78 Å². The van der Waals surface area contributed by atoms with Gasteiger partial charge in [-0.15, -0.1) is 0 Å². The fourth-order valence-corrected chi connectivity index (χ4v) is 4.49. The monoisotopic (exact) mass is 302 g/mol. The Morgan fingerprint density at radius 1 is 1.33 bits per heavy atom. The number of rotatable bonds is 4. The second-order valence-corrected chi connectivity index (χ2v) is 7.97. The molecule has 0 amide bonds. The molecule has 0 aromatic heterocycles. The zero-order valence-electron chi connectivity index (χ0n) is 9.80. The molecule has 2 unspecified atom stereocenters. The van der Waals surface area contributed by atoms with Crippen molar-refractivity contribution in [3.63, 3.8) is 0 Å². The van der Waals surface area contributed by atoms with Crippen molar-refractivity contribution in [1.29, 1.82) is 0 Å². The topological polar surface area (TPSA) is 135 Å². The highest BCUT2D eigenvalue weighted by Crippen LogP contribution is 2.53. The van der Waals surface area contributed by atoms with E-state index in [1.165, 1.54) is 0 Å². The van der Waals surface area contributed by atoms with E-state index in [1.54, 1.807) is 11.9 Å². The van der Waals surface area contributed by atoms with Gasteiger partial charge in [-0.3, -0.25) is 14.2 Å². The van der Waals surface area contributed by atoms with Gasteiger partial charge in [-0.05, 0) is 26.4 Å². The first-order valence-corrected chi connectivity index (χ1v) is 8.54.